The first-order valence-corrected chi connectivity index (χ1v) is 7.54. The molecule has 22 heavy (non-hydrogen) atoms. The van der Waals surface area contributed by atoms with E-state index in [1.807, 2.05) is 0 Å². The lowest BCUT2D eigenvalue weighted by molar-refractivity contribution is 0.0933. The molecule has 0 aromatic carbocycles. The van der Waals surface area contributed by atoms with Gasteiger partial charge in [0.2, 0.25) is 5.95 Å². The number of nitrogens with one attached hydrogen (secondary N) is 1. The third-order valence-electron chi connectivity index (χ3n) is 3.58. The second kappa shape index (κ2) is 6.70. The van der Waals surface area contributed by atoms with Crippen molar-refractivity contribution in [1.29, 1.82) is 0 Å². The Bertz CT molecular complexity index is 651. The zero-order chi connectivity index (χ0) is 15.4. The summed E-state index contributed by atoms with van der Waals surface area (Å²) in [6, 6.07) is 5.08. The van der Waals surface area contributed by atoms with Crippen LogP contribution in [0.4, 0.5) is 5.95 Å². The average molecular weight is 318 g/mol. The first kappa shape index (κ1) is 14.7. The molecule has 1 aliphatic heterocycles. The van der Waals surface area contributed by atoms with Crippen LogP contribution in [0.1, 0.15) is 23.2 Å². The molecule has 2 aromatic rings. The minimum absolute atomic E-state index is 0.0667. The van der Waals surface area contributed by atoms with Gasteiger partial charge in [0, 0.05) is 43.3 Å². The fourth-order valence-electron chi connectivity index (χ4n) is 2.54. The summed E-state index contributed by atoms with van der Waals surface area (Å²) in [5.41, 5.74) is 0.521. The van der Waals surface area contributed by atoms with E-state index in [0.29, 0.717) is 23.2 Å². The second-order valence-electron chi connectivity index (χ2n) is 5.17. The lowest BCUT2D eigenvalue weighted by Crippen LogP contribution is -2.48. The number of hydrogen-bond donors (Lipinski definition) is 1. The summed E-state index contributed by atoms with van der Waals surface area (Å²) >= 11 is 5.82. The van der Waals surface area contributed by atoms with Crippen LogP contribution in [0, 0.1) is 0 Å². The molecular weight excluding hydrogens is 302 g/mol. The van der Waals surface area contributed by atoms with Crippen LogP contribution in [-0.4, -0.2) is 40.0 Å². The molecule has 3 heterocycles. The fourth-order valence-corrected chi connectivity index (χ4v) is 2.72. The molecule has 1 atom stereocenters. The van der Waals surface area contributed by atoms with E-state index in [-0.39, 0.29) is 11.9 Å². The number of rotatable bonds is 3. The molecular formula is C15H16ClN5O. The molecule has 2 aromatic heterocycles. The highest BCUT2D eigenvalue weighted by atomic mass is 35.5. The van der Waals surface area contributed by atoms with Gasteiger partial charge in [-0.25, -0.2) is 15.0 Å². The van der Waals surface area contributed by atoms with E-state index in [0.717, 1.165) is 19.4 Å². The third kappa shape index (κ3) is 3.51. The number of aromatic nitrogens is 3. The topological polar surface area (TPSA) is 71.0 Å². The molecule has 1 saturated heterocycles. The fraction of sp³-hybridized carbons (Fsp3) is 0.333. The van der Waals surface area contributed by atoms with Crippen LogP contribution < -0.4 is 10.2 Å². The standard InChI is InChI=1S/C15H16ClN5O/c16-13-9-11(4-7-17-13)14(22)20-12-3-1-8-21(10-12)15-18-5-2-6-19-15/h2,4-7,9,12H,1,3,8,10H2,(H,20,22)/t12-/m1/s1. The van der Waals surface area contributed by atoms with Crippen molar-refractivity contribution < 1.29 is 4.79 Å². The Balaban J connectivity index is 1.64. The van der Waals surface area contributed by atoms with E-state index in [1.165, 1.54) is 6.20 Å². The molecule has 3 rings (SSSR count). The van der Waals surface area contributed by atoms with E-state index in [1.54, 1.807) is 30.6 Å². The highest BCUT2D eigenvalue weighted by Crippen LogP contribution is 2.16. The summed E-state index contributed by atoms with van der Waals surface area (Å²) in [6.45, 7) is 1.60. The van der Waals surface area contributed by atoms with Gasteiger partial charge in [-0.3, -0.25) is 4.79 Å². The predicted molar refractivity (Wildman–Crippen MR) is 84.0 cm³/mol. The molecule has 114 valence electrons. The van der Waals surface area contributed by atoms with Crippen LogP contribution in [0.15, 0.2) is 36.8 Å². The molecule has 1 N–H and O–H groups in total. The highest BCUT2D eigenvalue weighted by molar-refractivity contribution is 6.29. The molecule has 1 aliphatic rings. The second-order valence-corrected chi connectivity index (χ2v) is 5.56. The van der Waals surface area contributed by atoms with Gasteiger partial charge < -0.3 is 10.2 Å². The number of nitrogens with zero attached hydrogens (tertiary/aromatic N) is 4. The van der Waals surface area contributed by atoms with Gasteiger partial charge in [-0.1, -0.05) is 11.6 Å². The summed E-state index contributed by atoms with van der Waals surface area (Å²) < 4.78 is 0. The minimum Gasteiger partial charge on any atom is -0.348 e. The number of hydrogen-bond acceptors (Lipinski definition) is 5. The van der Waals surface area contributed by atoms with Crippen LogP contribution in [0.5, 0.6) is 0 Å². The lowest BCUT2D eigenvalue weighted by atomic mass is 10.1. The van der Waals surface area contributed by atoms with Crippen LogP contribution in [0.2, 0.25) is 5.15 Å². The lowest BCUT2D eigenvalue weighted by Gasteiger charge is -2.33. The van der Waals surface area contributed by atoms with Gasteiger partial charge >= 0.3 is 0 Å². The van der Waals surface area contributed by atoms with E-state index < -0.39 is 0 Å². The Kier molecular flexibility index (Phi) is 4.48. The zero-order valence-corrected chi connectivity index (χ0v) is 12.7. The number of carbonyl (C=O) groups excluding carboxylic acids is 1. The van der Waals surface area contributed by atoms with Crippen molar-refractivity contribution in [3.05, 3.63) is 47.5 Å². The molecule has 0 unspecified atom stereocenters. The van der Waals surface area contributed by atoms with Gasteiger partial charge in [0.15, 0.2) is 0 Å². The van der Waals surface area contributed by atoms with Crippen molar-refractivity contribution in [2.75, 3.05) is 18.0 Å². The van der Waals surface area contributed by atoms with E-state index in [2.05, 4.69) is 25.2 Å². The van der Waals surface area contributed by atoms with E-state index in [9.17, 15) is 4.79 Å². The van der Waals surface area contributed by atoms with Crippen molar-refractivity contribution in [2.45, 2.75) is 18.9 Å². The van der Waals surface area contributed by atoms with Crippen molar-refractivity contribution in [1.82, 2.24) is 20.3 Å². The van der Waals surface area contributed by atoms with Gasteiger partial charge in [-0.05, 0) is 31.0 Å². The zero-order valence-electron chi connectivity index (χ0n) is 11.9. The van der Waals surface area contributed by atoms with E-state index >= 15 is 0 Å². The Morgan fingerprint density at radius 1 is 1.27 bits per heavy atom. The number of carbonyl (C=O) groups is 1. The monoisotopic (exact) mass is 317 g/mol. The number of anilines is 1. The summed E-state index contributed by atoms with van der Waals surface area (Å²) in [5.74, 6) is 0.568. The average Bonchev–Trinajstić information content (AvgIpc) is 2.56. The number of piperidine rings is 1. The van der Waals surface area contributed by atoms with Gasteiger partial charge in [-0.15, -0.1) is 0 Å². The van der Waals surface area contributed by atoms with Crippen molar-refractivity contribution in [3.8, 4) is 0 Å². The molecule has 1 amide bonds. The Hall–Kier alpha value is -2.21. The molecule has 6 nitrogen and oxygen atoms in total. The minimum atomic E-state index is -0.134. The summed E-state index contributed by atoms with van der Waals surface area (Å²) in [7, 11) is 0. The third-order valence-corrected chi connectivity index (χ3v) is 3.79. The SMILES string of the molecule is O=C(N[C@@H]1CCCN(c2ncccn2)C1)c1ccnc(Cl)c1. The molecule has 7 heteroatoms. The summed E-state index contributed by atoms with van der Waals surface area (Å²) in [5, 5.41) is 3.35. The first-order chi connectivity index (χ1) is 10.7. The smallest absolute Gasteiger partial charge is 0.251 e. The molecule has 0 radical (unpaired) electrons. The molecule has 0 aliphatic carbocycles. The van der Waals surface area contributed by atoms with Crippen molar-refractivity contribution in [2.24, 2.45) is 0 Å². The maximum absolute atomic E-state index is 12.3. The maximum Gasteiger partial charge on any atom is 0.251 e. The van der Waals surface area contributed by atoms with Crippen LogP contribution in [0.3, 0.4) is 0 Å². The summed E-state index contributed by atoms with van der Waals surface area (Å²) in [6.07, 6.45) is 6.91. The van der Waals surface area contributed by atoms with Gasteiger partial charge in [0.25, 0.3) is 5.91 Å². The van der Waals surface area contributed by atoms with Crippen molar-refractivity contribution in [3.63, 3.8) is 0 Å². The number of halogens is 1. The number of amides is 1. The molecule has 1 fully saturated rings. The number of pyridine rings is 1. The maximum atomic E-state index is 12.3. The van der Waals surface area contributed by atoms with Crippen LogP contribution >= 0.6 is 11.6 Å². The Morgan fingerprint density at radius 2 is 2.09 bits per heavy atom. The highest BCUT2D eigenvalue weighted by Gasteiger charge is 2.23. The largest absolute Gasteiger partial charge is 0.348 e. The van der Waals surface area contributed by atoms with Gasteiger partial charge in [0.05, 0.1) is 0 Å². The quantitative estimate of drug-likeness (QED) is 0.876. The molecule has 0 spiro atoms. The normalized spacial score (nSPS) is 18.0. The first-order valence-electron chi connectivity index (χ1n) is 7.17. The predicted octanol–water partition coefficient (Wildman–Crippen LogP) is 1.92. The summed E-state index contributed by atoms with van der Waals surface area (Å²) in [4.78, 5) is 26.8. The Morgan fingerprint density at radius 3 is 2.86 bits per heavy atom. The van der Waals surface area contributed by atoms with Crippen LogP contribution in [-0.2, 0) is 0 Å². The van der Waals surface area contributed by atoms with Gasteiger partial charge in [-0.2, -0.15) is 0 Å². The Labute approximate surface area is 133 Å². The van der Waals surface area contributed by atoms with Crippen molar-refractivity contribution >= 4 is 23.5 Å². The van der Waals surface area contributed by atoms with Gasteiger partial charge in [0.1, 0.15) is 5.15 Å². The van der Waals surface area contributed by atoms with Crippen LogP contribution in [0.25, 0.3) is 0 Å². The molecule has 0 saturated carbocycles. The van der Waals surface area contributed by atoms with E-state index in [4.69, 9.17) is 11.6 Å². The molecule has 0 bridgehead atoms.